The normalized spacial score (nSPS) is 24.3. The molecule has 96 valence electrons. The molecule has 0 spiro atoms. The van der Waals surface area contributed by atoms with E-state index in [1.165, 1.54) is 4.52 Å². The van der Waals surface area contributed by atoms with Gasteiger partial charge in [-0.05, 0) is 37.8 Å². The zero-order chi connectivity index (χ0) is 12.5. The molecule has 1 aliphatic carbocycles. The molecule has 0 atom stereocenters. The Labute approximate surface area is 103 Å². The molecule has 0 aliphatic heterocycles. The summed E-state index contributed by atoms with van der Waals surface area (Å²) < 4.78 is 1.24. The molecular formula is C11H15N5O2. The maximum atomic E-state index is 11.4. The monoisotopic (exact) mass is 249 g/mol. The summed E-state index contributed by atoms with van der Waals surface area (Å²) in [6.07, 6.45) is 3.29. The first-order valence-corrected chi connectivity index (χ1v) is 6.11. The highest BCUT2D eigenvalue weighted by molar-refractivity contribution is 5.43. The van der Waals surface area contributed by atoms with Crippen molar-refractivity contribution in [2.24, 2.45) is 0 Å². The van der Waals surface area contributed by atoms with Gasteiger partial charge in [-0.25, -0.2) is 9.89 Å². The Morgan fingerprint density at radius 2 is 2.11 bits per heavy atom. The van der Waals surface area contributed by atoms with Crippen LogP contribution in [0, 0.1) is 0 Å². The van der Waals surface area contributed by atoms with Crippen LogP contribution < -0.4 is 11.0 Å². The summed E-state index contributed by atoms with van der Waals surface area (Å²) in [6.45, 7) is 0. The number of H-pyrrole nitrogens is 1. The van der Waals surface area contributed by atoms with E-state index >= 15 is 0 Å². The molecule has 0 bridgehead atoms. The molecule has 0 unspecified atom stereocenters. The number of fused-ring (bicyclic) bond motifs is 1. The van der Waals surface area contributed by atoms with E-state index in [1.807, 2.05) is 0 Å². The van der Waals surface area contributed by atoms with Crippen LogP contribution in [-0.2, 0) is 0 Å². The molecule has 3 N–H and O–H groups in total. The van der Waals surface area contributed by atoms with Gasteiger partial charge < -0.3 is 10.4 Å². The van der Waals surface area contributed by atoms with E-state index in [2.05, 4.69) is 20.6 Å². The summed E-state index contributed by atoms with van der Waals surface area (Å²) in [5, 5.41) is 23.1. The van der Waals surface area contributed by atoms with Crippen molar-refractivity contribution < 1.29 is 5.11 Å². The van der Waals surface area contributed by atoms with Gasteiger partial charge in [-0.1, -0.05) is 0 Å². The third-order valence-electron chi connectivity index (χ3n) is 3.32. The van der Waals surface area contributed by atoms with Crippen LogP contribution in [0.15, 0.2) is 16.9 Å². The summed E-state index contributed by atoms with van der Waals surface area (Å²) in [7, 11) is 0. The molecule has 1 saturated carbocycles. The Morgan fingerprint density at radius 1 is 1.33 bits per heavy atom. The largest absolute Gasteiger partial charge is 0.393 e. The summed E-state index contributed by atoms with van der Waals surface area (Å²) in [5.74, 6) is 0.660. The van der Waals surface area contributed by atoms with E-state index in [0.29, 0.717) is 17.5 Å². The van der Waals surface area contributed by atoms with Gasteiger partial charge in [0.2, 0.25) is 0 Å². The lowest BCUT2D eigenvalue weighted by molar-refractivity contribution is 0.126. The molecule has 2 aromatic heterocycles. The Bertz CT molecular complexity index is 597. The van der Waals surface area contributed by atoms with Crippen molar-refractivity contribution in [2.75, 3.05) is 5.32 Å². The highest BCUT2D eigenvalue weighted by Crippen LogP contribution is 2.21. The molecule has 3 rings (SSSR count). The summed E-state index contributed by atoms with van der Waals surface area (Å²) in [6, 6.07) is 3.85. The molecule has 0 aromatic carbocycles. The highest BCUT2D eigenvalue weighted by atomic mass is 16.3. The third kappa shape index (κ3) is 2.08. The van der Waals surface area contributed by atoms with Gasteiger partial charge in [-0.15, -0.1) is 5.10 Å². The minimum atomic E-state index is -0.340. The second-order valence-corrected chi connectivity index (χ2v) is 4.67. The maximum absolute atomic E-state index is 11.4. The molecule has 1 fully saturated rings. The fourth-order valence-corrected chi connectivity index (χ4v) is 2.31. The van der Waals surface area contributed by atoms with E-state index in [-0.39, 0.29) is 11.8 Å². The number of nitrogens with one attached hydrogen (secondary N) is 2. The number of rotatable bonds is 2. The van der Waals surface area contributed by atoms with Crippen molar-refractivity contribution in [3.8, 4) is 0 Å². The number of aliphatic hydroxyl groups excluding tert-OH is 1. The quantitative estimate of drug-likeness (QED) is 0.703. The van der Waals surface area contributed by atoms with Crippen LogP contribution in [-0.4, -0.2) is 37.1 Å². The minimum absolute atomic E-state index is 0.171. The van der Waals surface area contributed by atoms with E-state index in [4.69, 9.17) is 0 Å². The number of anilines is 1. The topological polar surface area (TPSA) is 95.3 Å². The second kappa shape index (κ2) is 4.41. The maximum Gasteiger partial charge on any atom is 0.364 e. The number of aromatic nitrogens is 4. The van der Waals surface area contributed by atoms with Crippen LogP contribution in [0.2, 0.25) is 0 Å². The molecule has 7 nitrogen and oxygen atoms in total. The van der Waals surface area contributed by atoms with Crippen LogP contribution >= 0.6 is 0 Å². The fourth-order valence-electron chi connectivity index (χ4n) is 2.31. The smallest absolute Gasteiger partial charge is 0.364 e. The summed E-state index contributed by atoms with van der Waals surface area (Å²) >= 11 is 0. The lowest BCUT2D eigenvalue weighted by Gasteiger charge is -2.26. The molecule has 0 radical (unpaired) electrons. The van der Waals surface area contributed by atoms with Crippen LogP contribution in [0.4, 0.5) is 5.82 Å². The number of hydrogen-bond donors (Lipinski definition) is 3. The Morgan fingerprint density at radius 3 is 2.89 bits per heavy atom. The average Bonchev–Trinajstić information content (AvgIpc) is 2.74. The molecule has 2 heterocycles. The SMILES string of the molecule is O=c1[nH]nc2ccc(NC3CCC(O)CC3)nn12. The van der Waals surface area contributed by atoms with Crippen LogP contribution in [0.1, 0.15) is 25.7 Å². The highest BCUT2D eigenvalue weighted by Gasteiger charge is 2.19. The van der Waals surface area contributed by atoms with Crippen molar-refractivity contribution >= 4 is 11.5 Å². The van der Waals surface area contributed by atoms with Crippen LogP contribution in [0.5, 0.6) is 0 Å². The first-order chi connectivity index (χ1) is 8.72. The molecule has 0 saturated heterocycles. The van der Waals surface area contributed by atoms with Gasteiger partial charge in [0.25, 0.3) is 0 Å². The fraction of sp³-hybridized carbons (Fsp3) is 0.545. The van der Waals surface area contributed by atoms with Crippen LogP contribution in [0.3, 0.4) is 0 Å². The number of aliphatic hydroxyl groups is 1. The van der Waals surface area contributed by atoms with Crippen molar-refractivity contribution in [3.05, 3.63) is 22.6 Å². The zero-order valence-corrected chi connectivity index (χ0v) is 9.83. The first kappa shape index (κ1) is 11.2. The zero-order valence-electron chi connectivity index (χ0n) is 9.83. The predicted octanol–water partition coefficient (Wildman–Crippen LogP) is 0.133. The molecule has 18 heavy (non-hydrogen) atoms. The van der Waals surface area contributed by atoms with Gasteiger partial charge in [0.05, 0.1) is 6.10 Å². The standard InChI is InChI=1S/C11H15N5O2/c17-8-3-1-7(2-4-8)12-9-5-6-10-13-14-11(18)16(10)15-9/h5-8,17H,1-4H2,(H,12,15)(H,14,18). The Balaban J connectivity index is 1.78. The molecule has 2 aromatic rings. The lowest BCUT2D eigenvalue weighted by Crippen LogP contribution is -2.29. The predicted molar refractivity (Wildman–Crippen MR) is 65.5 cm³/mol. The van der Waals surface area contributed by atoms with Gasteiger partial charge in [-0.3, -0.25) is 0 Å². The molecule has 1 aliphatic rings. The second-order valence-electron chi connectivity index (χ2n) is 4.67. The molecule has 0 amide bonds. The Kier molecular flexibility index (Phi) is 2.75. The first-order valence-electron chi connectivity index (χ1n) is 6.11. The van der Waals surface area contributed by atoms with Gasteiger partial charge in [0.1, 0.15) is 5.82 Å². The number of hydrogen-bond acceptors (Lipinski definition) is 5. The third-order valence-corrected chi connectivity index (χ3v) is 3.32. The van der Waals surface area contributed by atoms with E-state index in [0.717, 1.165) is 25.7 Å². The summed E-state index contributed by atoms with van der Waals surface area (Å²) in [4.78, 5) is 11.4. The van der Waals surface area contributed by atoms with Gasteiger partial charge in [0, 0.05) is 6.04 Å². The number of nitrogens with zero attached hydrogens (tertiary/aromatic N) is 3. The van der Waals surface area contributed by atoms with Crippen molar-refractivity contribution in [1.29, 1.82) is 0 Å². The lowest BCUT2D eigenvalue weighted by atomic mass is 9.93. The average molecular weight is 249 g/mol. The van der Waals surface area contributed by atoms with E-state index in [9.17, 15) is 9.90 Å². The molecular weight excluding hydrogens is 234 g/mol. The van der Waals surface area contributed by atoms with Gasteiger partial charge in [0.15, 0.2) is 5.65 Å². The summed E-state index contributed by atoms with van der Waals surface area (Å²) in [5.41, 5.74) is 0.164. The van der Waals surface area contributed by atoms with Crippen molar-refractivity contribution in [3.63, 3.8) is 0 Å². The van der Waals surface area contributed by atoms with Crippen LogP contribution in [0.25, 0.3) is 5.65 Å². The Hall–Kier alpha value is -1.89. The van der Waals surface area contributed by atoms with Crippen molar-refractivity contribution in [2.45, 2.75) is 37.8 Å². The van der Waals surface area contributed by atoms with E-state index in [1.54, 1.807) is 12.1 Å². The minimum Gasteiger partial charge on any atom is -0.393 e. The van der Waals surface area contributed by atoms with Crippen molar-refractivity contribution in [1.82, 2.24) is 19.8 Å². The number of aromatic amines is 1. The van der Waals surface area contributed by atoms with E-state index < -0.39 is 0 Å². The van der Waals surface area contributed by atoms with Gasteiger partial charge in [-0.2, -0.15) is 9.61 Å². The van der Waals surface area contributed by atoms with Gasteiger partial charge >= 0.3 is 5.69 Å². The molecule has 7 heteroatoms.